The SMILES string of the molecule is [N-]=[N+]=NC1CN(C(C(=O)O)c2ccccc2)C1=O. The largest absolute Gasteiger partial charge is 0.479 e. The van der Waals surface area contributed by atoms with Gasteiger partial charge >= 0.3 is 5.97 Å². The fourth-order valence-corrected chi connectivity index (χ4v) is 1.91. The molecule has 92 valence electrons. The molecule has 0 spiro atoms. The summed E-state index contributed by atoms with van der Waals surface area (Å²) in [5, 5.41) is 12.5. The van der Waals surface area contributed by atoms with Crippen molar-refractivity contribution < 1.29 is 14.7 Å². The van der Waals surface area contributed by atoms with Gasteiger partial charge in [-0.05, 0) is 11.1 Å². The van der Waals surface area contributed by atoms with Crippen molar-refractivity contribution in [1.29, 1.82) is 0 Å². The lowest BCUT2D eigenvalue weighted by Gasteiger charge is -2.40. The number of likely N-dealkylation sites (tertiary alicyclic amines) is 1. The number of carboxylic acid groups (broad SMARTS) is 1. The molecular weight excluding hydrogens is 236 g/mol. The number of carboxylic acids is 1. The van der Waals surface area contributed by atoms with Crippen molar-refractivity contribution in [2.45, 2.75) is 12.1 Å². The van der Waals surface area contributed by atoms with E-state index in [9.17, 15) is 14.7 Å². The first-order chi connectivity index (χ1) is 8.65. The predicted octanol–water partition coefficient (Wildman–Crippen LogP) is 1.33. The van der Waals surface area contributed by atoms with E-state index in [0.717, 1.165) is 0 Å². The number of amides is 1. The molecule has 1 aliphatic heterocycles. The van der Waals surface area contributed by atoms with Gasteiger partial charge in [0, 0.05) is 11.5 Å². The zero-order valence-corrected chi connectivity index (χ0v) is 9.30. The number of rotatable bonds is 4. The second kappa shape index (κ2) is 4.77. The van der Waals surface area contributed by atoms with Crippen molar-refractivity contribution >= 4 is 11.9 Å². The van der Waals surface area contributed by atoms with Gasteiger partial charge in [-0.15, -0.1) is 0 Å². The molecule has 1 heterocycles. The average Bonchev–Trinajstić information content (AvgIpc) is 2.38. The van der Waals surface area contributed by atoms with E-state index in [2.05, 4.69) is 10.0 Å². The molecule has 7 nitrogen and oxygen atoms in total. The van der Waals surface area contributed by atoms with E-state index in [1.165, 1.54) is 4.90 Å². The third-order valence-corrected chi connectivity index (χ3v) is 2.79. The molecule has 0 aromatic heterocycles. The average molecular weight is 246 g/mol. The van der Waals surface area contributed by atoms with E-state index < -0.39 is 24.0 Å². The molecule has 0 saturated carbocycles. The molecular formula is C11H10N4O3. The van der Waals surface area contributed by atoms with Gasteiger partial charge < -0.3 is 10.0 Å². The van der Waals surface area contributed by atoms with Crippen LogP contribution in [-0.4, -0.2) is 34.5 Å². The zero-order valence-electron chi connectivity index (χ0n) is 9.30. The number of β-lactam (4-membered cyclic amide) rings is 1. The number of hydrogen-bond donors (Lipinski definition) is 1. The zero-order chi connectivity index (χ0) is 13.1. The van der Waals surface area contributed by atoms with Crippen LogP contribution in [0.5, 0.6) is 0 Å². The molecule has 1 fully saturated rings. The normalized spacial score (nSPS) is 19.7. The van der Waals surface area contributed by atoms with Gasteiger partial charge in [-0.1, -0.05) is 35.4 Å². The highest BCUT2D eigenvalue weighted by molar-refractivity contribution is 5.92. The van der Waals surface area contributed by atoms with Gasteiger partial charge in [0.1, 0.15) is 6.04 Å². The lowest BCUT2D eigenvalue weighted by Crippen LogP contribution is -2.58. The van der Waals surface area contributed by atoms with Crippen LogP contribution in [0.1, 0.15) is 11.6 Å². The molecule has 1 N–H and O–H groups in total. The van der Waals surface area contributed by atoms with E-state index in [-0.39, 0.29) is 6.54 Å². The van der Waals surface area contributed by atoms with Gasteiger partial charge in [-0.3, -0.25) is 4.79 Å². The van der Waals surface area contributed by atoms with Gasteiger partial charge in [0.05, 0.1) is 0 Å². The summed E-state index contributed by atoms with van der Waals surface area (Å²) in [4.78, 5) is 26.7. The number of hydrogen-bond acceptors (Lipinski definition) is 3. The quantitative estimate of drug-likeness (QED) is 0.374. The molecule has 1 amide bonds. The van der Waals surface area contributed by atoms with Crippen LogP contribution in [0.4, 0.5) is 0 Å². The lowest BCUT2D eigenvalue weighted by atomic mass is 9.99. The summed E-state index contributed by atoms with van der Waals surface area (Å²) >= 11 is 0. The van der Waals surface area contributed by atoms with Crippen LogP contribution in [-0.2, 0) is 9.59 Å². The Kier molecular flexibility index (Phi) is 3.16. The van der Waals surface area contributed by atoms with Crippen molar-refractivity contribution in [1.82, 2.24) is 4.90 Å². The molecule has 1 saturated heterocycles. The smallest absolute Gasteiger partial charge is 0.331 e. The molecule has 18 heavy (non-hydrogen) atoms. The van der Waals surface area contributed by atoms with Crippen LogP contribution < -0.4 is 0 Å². The maximum Gasteiger partial charge on any atom is 0.331 e. The van der Waals surface area contributed by atoms with Crippen LogP contribution >= 0.6 is 0 Å². The highest BCUT2D eigenvalue weighted by atomic mass is 16.4. The van der Waals surface area contributed by atoms with E-state index in [0.29, 0.717) is 5.56 Å². The minimum Gasteiger partial charge on any atom is -0.479 e. The first-order valence-electron chi connectivity index (χ1n) is 5.27. The Morgan fingerprint density at radius 3 is 2.67 bits per heavy atom. The Morgan fingerprint density at radius 2 is 2.17 bits per heavy atom. The predicted molar refractivity (Wildman–Crippen MR) is 61.5 cm³/mol. The standard InChI is InChI=1S/C11H10N4O3/c12-14-13-8-6-15(10(8)16)9(11(17)18)7-4-2-1-3-5-7/h1-5,8-9H,6H2,(H,17,18). The molecule has 7 heteroatoms. The maximum absolute atomic E-state index is 11.7. The summed E-state index contributed by atoms with van der Waals surface area (Å²) in [7, 11) is 0. The van der Waals surface area contributed by atoms with Crippen molar-refractivity contribution in [3.8, 4) is 0 Å². The van der Waals surface area contributed by atoms with Crippen LogP contribution in [0.3, 0.4) is 0 Å². The molecule has 1 aromatic carbocycles. The van der Waals surface area contributed by atoms with Crippen molar-refractivity contribution in [3.63, 3.8) is 0 Å². The highest BCUT2D eigenvalue weighted by Crippen LogP contribution is 2.28. The third-order valence-electron chi connectivity index (χ3n) is 2.79. The van der Waals surface area contributed by atoms with E-state index >= 15 is 0 Å². The van der Waals surface area contributed by atoms with Gasteiger partial charge in [-0.2, -0.15) is 0 Å². The van der Waals surface area contributed by atoms with Crippen LogP contribution in [0.25, 0.3) is 10.4 Å². The fraction of sp³-hybridized carbons (Fsp3) is 0.273. The molecule has 0 aliphatic carbocycles. The van der Waals surface area contributed by atoms with Crippen LogP contribution in [0, 0.1) is 0 Å². The van der Waals surface area contributed by atoms with Crippen LogP contribution in [0.15, 0.2) is 35.4 Å². The number of nitrogens with zero attached hydrogens (tertiary/aromatic N) is 4. The minimum atomic E-state index is -1.10. The summed E-state index contributed by atoms with van der Waals surface area (Å²) in [5.41, 5.74) is 8.77. The Labute approximate surface area is 102 Å². The Balaban J connectivity index is 2.22. The number of benzene rings is 1. The number of carbonyl (C=O) groups is 2. The molecule has 0 bridgehead atoms. The number of carbonyl (C=O) groups excluding carboxylic acids is 1. The Morgan fingerprint density at radius 1 is 1.50 bits per heavy atom. The summed E-state index contributed by atoms with van der Waals surface area (Å²) < 4.78 is 0. The van der Waals surface area contributed by atoms with E-state index in [4.69, 9.17) is 5.53 Å². The third kappa shape index (κ3) is 1.99. The summed E-state index contributed by atoms with van der Waals surface area (Å²) in [6, 6.07) is 6.67. The first-order valence-corrected chi connectivity index (χ1v) is 5.27. The second-order valence-electron chi connectivity index (χ2n) is 3.86. The first kappa shape index (κ1) is 11.9. The summed E-state index contributed by atoms with van der Waals surface area (Å²) in [6.45, 7) is 0.134. The second-order valence-corrected chi connectivity index (χ2v) is 3.86. The lowest BCUT2D eigenvalue weighted by molar-refractivity contribution is -0.158. The van der Waals surface area contributed by atoms with Gasteiger partial charge in [0.2, 0.25) is 5.91 Å². The van der Waals surface area contributed by atoms with E-state index in [1.54, 1.807) is 30.3 Å². The molecule has 2 unspecified atom stereocenters. The van der Waals surface area contributed by atoms with Gasteiger partial charge in [-0.25, -0.2) is 4.79 Å². The van der Waals surface area contributed by atoms with Crippen LogP contribution in [0.2, 0.25) is 0 Å². The van der Waals surface area contributed by atoms with Crippen molar-refractivity contribution in [3.05, 3.63) is 46.3 Å². The topological polar surface area (TPSA) is 106 Å². The monoisotopic (exact) mass is 246 g/mol. The molecule has 2 rings (SSSR count). The molecule has 0 radical (unpaired) electrons. The van der Waals surface area contributed by atoms with Crippen molar-refractivity contribution in [2.24, 2.45) is 5.11 Å². The fourth-order valence-electron chi connectivity index (χ4n) is 1.91. The van der Waals surface area contributed by atoms with Gasteiger partial charge in [0.25, 0.3) is 0 Å². The minimum absolute atomic E-state index is 0.134. The maximum atomic E-state index is 11.7. The van der Waals surface area contributed by atoms with Gasteiger partial charge in [0.15, 0.2) is 6.04 Å². The highest BCUT2D eigenvalue weighted by Gasteiger charge is 2.43. The number of aliphatic carboxylic acids is 1. The molecule has 1 aromatic rings. The van der Waals surface area contributed by atoms with Crippen molar-refractivity contribution in [2.75, 3.05) is 6.54 Å². The molecule has 2 atom stereocenters. The van der Waals surface area contributed by atoms with E-state index in [1.807, 2.05) is 0 Å². The Hall–Kier alpha value is -2.53. The number of azide groups is 1. The Bertz CT molecular complexity index is 524. The molecule has 1 aliphatic rings. The summed E-state index contributed by atoms with van der Waals surface area (Å²) in [5.74, 6) is -1.56. The summed E-state index contributed by atoms with van der Waals surface area (Å²) in [6.07, 6.45) is 0.